The summed E-state index contributed by atoms with van der Waals surface area (Å²) in [7, 11) is 1.49. The van der Waals surface area contributed by atoms with Gasteiger partial charge < -0.3 is 19.5 Å². The van der Waals surface area contributed by atoms with Crippen LogP contribution in [0.4, 0.5) is 10.5 Å². The number of thioether (sulfide) groups is 1. The molecule has 0 aliphatic carbocycles. The van der Waals surface area contributed by atoms with Crippen molar-refractivity contribution in [3.8, 4) is 17.2 Å². The summed E-state index contributed by atoms with van der Waals surface area (Å²) in [6.07, 6.45) is 1.58. The molecule has 1 heterocycles. The van der Waals surface area contributed by atoms with Crippen molar-refractivity contribution in [3.63, 3.8) is 0 Å². The second-order valence-electron chi connectivity index (χ2n) is 8.16. The van der Waals surface area contributed by atoms with Gasteiger partial charge in [-0.3, -0.25) is 19.3 Å². The predicted octanol–water partition coefficient (Wildman–Crippen LogP) is 6.76. The number of methoxy groups -OCH3 is 1. The molecule has 0 bridgehead atoms. The topological polar surface area (TPSA) is 94.2 Å². The molecular weight excluding hydrogens is 608 g/mol. The Balaban J connectivity index is 1.50. The van der Waals surface area contributed by atoms with E-state index in [-0.39, 0.29) is 11.5 Å². The first-order chi connectivity index (χ1) is 18.8. The van der Waals surface area contributed by atoms with Crippen LogP contribution in [0.1, 0.15) is 18.1 Å². The number of hydrogen-bond donors (Lipinski definition) is 1. The van der Waals surface area contributed by atoms with Crippen LogP contribution in [-0.2, 0) is 16.2 Å². The maximum atomic E-state index is 13.0. The Kier molecular flexibility index (Phi) is 9.55. The third-order valence-corrected chi connectivity index (χ3v) is 7.38. The molecule has 0 atom stereocenters. The second kappa shape index (κ2) is 13.1. The normalized spacial score (nSPS) is 14.1. The molecule has 0 saturated carbocycles. The second-order valence-corrected chi connectivity index (χ2v) is 10.4. The van der Waals surface area contributed by atoms with Crippen LogP contribution >= 0.6 is 39.3 Å². The third kappa shape index (κ3) is 6.95. The van der Waals surface area contributed by atoms with Crippen molar-refractivity contribution in [1.82, 2.24) is 4.90 Å². The summed E-state index contributed by atoms with van der Waals surface area (Å²) in [6.45, 7) is 2.03. The molecule has 3 aromatic rings. The molecule has 0 aromatic heterocycles. The Labute approximate surface area is 243 Å². The molecule has 1 saturated heterocycles. The van der Waals surface area contributed by atoms with Gasteiger partial charge >= 0.3 is 0 Å². The first-order valence-corrected chi connectivity index (χ1v) is 13.8. The fourth-order valence-corrected chi connectivity index (χ4v) is 5.31. The predicted molar refractivity (Wildman–Crippen MR) is 155 cm³/mol. The van der Waals surface area contributed by atoms with E-state index in [1.807, 2.05) is 25.1 Å². The molecule has 39 heavy (non-hydrogen) atoms. The number of rotatable bonds is 10. The minimum atomic E-state index is -0.562. The molecule has 0 spiro atoms. The average Bonchev–Trinajstić information content (AvgIpc) is 3.16. The van der Waals surface area contributed by atoms with Crippen LogP contribution in [0.15, 0.2) is 70.0 Å². The molecule has 11 heteroatoms. The van der Waals surface area contributed by atoms with Crippen LogP contribution < -0.4 is 19.5 Å². The van der Waals surface area contributed by atoms with Gasteiger partial charge in [0.05, 0.1) is 28.8 Å². The van der Waals surface area contributed by atoms with Crippen molar-refractivity contribution in [2.75, 3.05) is 25.6 Å². The molecule has 202 valence electrons. The highest BCUT2D eigenvalue weighted by molar-refractivity contribution is 9.10. The molecule has 1 N–H and O–H groups in total. The number of imide groups is 1. The number of anilines is 1. The lowest BCUT2D eigenvalue weighted by atomic mass is 10.1. The van der Waals surface area contributed by atoms with E-state index in [1.165, 1.54) is 7.11 Å². The molecule has 8 nitrogen and oxygen atoms in total. The molecule has 3 aromatic carbocycles. The van der Waals surface area contributed by atoms with Crippen molar-refractivity contribution in [2.45, 2.75) is 13.5 Å². The van der Waals surface area contributed by atoms with Crippen LogP contribution in [0.5, 0.6) is 17.2 Å². The maximum Gasteiger partial charge on any atom is 0.294 e. The number of benzene rings is 3. The monoisotopic (exact) mass is 630 g/mol. The molecule has 1 aliphatic heterocycles. The minimum absolute atomic E-state index is 0.184. The van der Waals surface area contributed by atoms with Crippen molar-refractivity contribution < 1.29 is 28.6 Å². The highest BCUT2D eigenvalue weighted by Gasteiger charge is 2.36. The minimum Gasteiger partial charge on any atom is -0.495 e. The Morgan fingerprint density at radius 1 is 1.08 bits per heavy atom. The molecule has 0 unspecified atom stereocenters. The number of para-hydroxylation sites is 2. The van der Waals surface area contributed by atoms with E-state index in [1.54, 1.807) is 48.5 Å². The molecule has 1 fully saturated rings. The van der Waals surface area contributed by atoms with Crippen LogP contribution in [-0.4, -0.2) is 42.2 Å². The van der Waals surface area contributed by atoms with Gasteiger partial charge in [0, 0.05) is 10.6 Å². The Morgan fingerprint density at radius 2 is 1.82 bits per heavy atom. The standard InChI is InChI=1S/C28H24BrClN2O6S/c1-3-37-23-13-17(12-19(29)26(23)38-16-18-8-4-5-9-20(18)30)14-24-27(34)32(28(35)39-24)15-25(33)31-21-10-6-7-11-22(21)36-2/h4-14H,3,15-16H2,1-2H3,(H,31,33)/b24-14+. The van der Waals surface area contributed by atoms with E-state index in [0.717, 1.165) is 22.2 Å². The van der Waals surface area contributed by atoms with Gasteiger partial charge in [0.2, 0.25) is 5.91 Å². The van der Waals surface area contributed by atoms with E-state index >= 15 is 0 Å². The highest BCUT2D eigenvalue weighted by Crippen LogP contribution is 2.40. The van der Waals surface area contributed by atoms with Gasteiger partial charge in [0.25, 0.3) is 11.1 Å². The zero-order chi connectivity index (χ0) is 27.9. The quantitative estimate of drug-likeness (QED) is 0.247. The van der Waals surface area contributed by atoms with Crippen molar-refractivity contribution >= 4 is 68.1 Å². The number of halogens is 2. The van der Waals surface area contributed by atoms with Crippen LogP contribution in [0.25, 0.3) is 6.08 Å². The van der Waals surface area contributed by atoms with Gasteiger partial charge in [-0.15, -0.1) is 0 Å². The van der Waals surface area contributed by atoms with E-state index in [2.05, 4.69) is 21.2 Å². The number of ether oxygens (including phenoxy) is 3. The van der Waals surface area contributed by atoms with Gasteiger partial charge in [-0.05, 0) is 76.6 Å². The van der Waals surface area contributed by atoms with Gasteiger partial charge in [-0.2, -0.15) is 0 Å². The zero-order valence-corrected chi connectivity index (χ0v) is 24.2. The van der Waals surface area contributed by atoms with Gasteiger partial charge in [0.1, 0.15) is 18.9 Å². The Hall–Kier alpha value is -3.47. The van der Waals surface area contributed by atoms with E-state index in [0.29, 0.717) is 44.6 Å². The van der Waals surface area contributed by atoms with E-state index < -0.39 is 23.6 Å². The molecule has 4 rings (SSSR count). The number of carbonyl (C=O) groups is 3. The first-order valence-electron chi connectivity index (χ1n) is 11.8. The summed E-state index contributed by atoms with van der Waals surface area (Å²) in [4.78, 5) is 39.3. The van der Waals surface area contributed by atoms with Crippen molar-refractivity contribution in [3.05, 3.63) is 86.2 Å². The van der Waals surface area contributed by atoms with Gasteiger partial charge in [-0.25, -0.2) is 0 Å². The summed E-state index contributed by atoms with van der Waals surface area (Å²) >= 11 is 10.5. The number of hydrogen-bond acceptors (Lipinski definition) is 7. The lowest BCUT2D eigenvalue weighted by Crippen LogP contribution is -2.36. The third-order valence-electron chi connectivity index (χ3n) is 5.52. The van der Waals surface area contributed by atoms with Crippen LogP contribution in [0.2, 0.25) is 5.02 Å². The summed E-state index contributed by atoms with van der Waals surface area (Å²) in [6, 6.07) is 17.7. The summed E-state index contributed by atoms with van der Waals surface area (Å²) in [5.41, 5.74) is 1.87. The fraction of sp³-hybridized carbons (Fsp3) is 0.179. The van der Waals surface area contributed by atoms with Crippen LogP contribution in [0.3, 0.4) is 0 Å². The highest BCUT2D eigenvalue weighted by atomic mass is 79.9. The SMILES string of the molecule is CCOc1cc(/C=C2/SC(=O)N(CC(=O)Nc3ccccc3OC)C2=O)cc(Br)c1OCc1ccccc1Cl. The number of nitrogens with zero attached hydrogens (tertiary/aromatic N) is 1. The fourth-order valence-electron chi connectivity index (χ4n) is 3.71. The summed E-state index contributed by atoms with van der Waals surface area (Å²) in [5.74, 6) is 0.322. The lowest BCUT2D eigenvalue weighted by Gasteiger charge is -2.15. The molecule has 1 aliphatic rings. The Bertz CT molecular complexity index is 1450. The summed E-state index contributed by atoms with van der Waals surface area (Å²) in [5, 5.41) is 2.73. The Morgan fingerprint density at radius 3 is 2.56 bits per heavy atom. The maximum absolute atomic E-state index is 13.0. The lowest BCUT2D eigenvalue weighted by molar-refractivity contribution is -0.127. The zero-order valence-electron chi connectivity index (χ0n) is 21.0. The van der Waals surface area contributed by atoms with E-state index in [9.17, 15) is 14.4 Å². The summed E-state index contributed by atoms with van der Waals surface area (Å²) < 4.78 is 17.6. The smallest absolute Gasteiger partial charge is 0.294 e. The number of amides is 3. The molecular formula is C28H24BrClN2O6S. The average molecular weight is 632 g/mol. The molecule has 0 radical (unpaired) electrons. The first kappa shape index (κ1) is 28.5. The van der Waals surface area contributed by atoms with Gasteiger partial charge in [0.15, 0.2) is 11.5 Å². The number of carbonyl (C=O) groups excluding carboxylic acids is 3. The van der Waals surface area contributed by atoms with Crippen molar-refractivity contribution in [1.29, 1.82) is 0 Å². The number of nitrogens with one attached hydrogen (secondary N) is 1. The largest absolute Gasteiger partial charge is 0.495 e. The molecule has 3 amide bonds. The van der Waals surface area contributed by atoms with Crippen LogP contribution in [0, 0.1) is 0 Å². The van der Waals surface area contributed by atoms with Crippen molar-refractivity contribution in [2.24, 2.45) is 0 Å². The van der Waals surface area contributed by atoms with E-state index in [4.69, 9.17) is 25.8 Å². The van der Waals surface area contributed by atoms with Gasteiger partial charge in [-0.1, -0.05) is 41.9 Å².